The van der Waals surface area contributed by atoms with Crippen molar-refractivity contribution in [2.24, 2.45) is 5.73 Å². The van der Waals surface area contributed by atoms with Gasteiger partial charge in [0.15, 0.2) is 11.5 Å². The number of fused-ring (bicyclic) bond motifs is 1. The standard InChI is InChI=1S/C19H17N3O3/c1-11-18(14-6-7-15-16(9-14)25-10-24-15)19(22-21-11)13-4-2-12(3-5-13)8-17(20)23/h2-7,9H,8,10H2,1H3,(H2,20,23)(H,21,22). The zero-order valence-corrected chi connectivity index (χ0v) is 13.7. The van der Waals surface area contributed by atoms with Gasteiger partial charge >= 0.3 is 0 Å². The van der Waals surface area contributed by atoms with Crippen molar-refractivity contribution in [2.75, 3.05) is 6.79 Å². The highest BCUT2D eigenvalue weighted by molar-refractivity contribution is 5.84. The Kier molecular flexibility index (Phi) is 3.65. The highest BCUT2D eigenvalue weighted by atomic mass is 16.7. The molecule has 6 nitrogen and oxygen atoms in total. The highest BCUT2D eigenvalue weighted by Crippen LogP contribution is 2.39. The van der Waals surface area contributed by atoms with Gasteiger partial charge in [0, 0.05) is 16.8 Å². The molecule has 0 radical (unpaired) electrons. The predicted molar refractivity (Wildman–Crippen MR) is 93.2 cm³/mol. The molecule has 0 aliphatic carbocycles. The van der Waals surface area contributed by atoms with Crippen molar-refractivity contribution in [3.05, 3.63) is 53.7 Å². The maximum absolute atomic E-state index is 11.0. The maximum atomic E-state index is 11.0. The first-order valence-electron chi connectivity index (χ1n) is 7.94. The van der Waals surface area contributed by atoms with Crippen LogP contribution in [0.4, 0.5) is 0 Å². The van der Waals surface area contributed by atoms with E-state index in [1.807, 2.05) is 49.4 Å². The van der Waals surface area contributed by atoms with Crippen molar-refractivity contribution < 1.29 is 14.3 Å². The molecule has 1 aliphatic rings. The number of nitrogens with zero attached hydrogens (tertiary/aromatic N) is 1. The molecular weight excluding hydrogens is 318 g/mol. The summed E-state index contributed by atoms with van der Waals surface area (Å²) in [7, 11) is 0. The van der Waals surface area contributed by atoms with Crippen LogP contribution in [0.15, 0.2) is 42.5 Å². The molecule has 0 spiro atoms. The second-order valence-corrected chi connectivity index (χ2v) is 5.98. The van der Waals surface area contributed by atoms with Gasteiger partial charge in [0.2, 0.25) is 12.7 Å². The van der Waals surface area contributed by atoms with Crippen molar-refractivity contribution in [1.29, 1.82) is 0 Å². The molecule has 0 bridgehead atoms. The number of amides is 1. The van der Waals surface area contributed by atoms with Gasteiger partial charge in [0.25, 0.3) is 0 Å². The Morgan fingerprint density at radius 3 is 2.60 bits per heavy atom. The van der Waals surface area contributed by atoms with Crippen LogP contribution in [0.3, 0.4) is 0 Å². The Labute approximate surface area is 144 Å². The van der Waals surface area contributed by atoms with E-state index in [4.69, 9.17) is 15.2 Å². The Balaban J connectivity index is 1.74. The first-order valence-corrected chi connectivity index (χ1v) is 7.94. The number of aryl methyl sites for hydroxylation is 1. The van der Waals surface area contributed by atoms with E-state index in [0.29, 0.717) is 0 Å². The smallest absolute Gasteiger partial charge is 0.231 e. The number of hydrogen-bond donors (Lipinski definition) is 2. The third-order valence-corrected chi connectivity index (χ3v) is 4.21. The van der Waals surface area contributed by atoms with Crippen LogP contribution >= 0.6 is 0 Å². The lowest BCUT2D eigenvalue weighted by molar-refractivity contribution is -0.117. The average Bonchev–Trinajstić information content (AvgIpc) is 3.20. The molecule has 0 fully saturated rings. The van der Waals surface area contributed by atoms with Gasteiger partial charge in [0.05, 0.1) is 6.42 Å². The summed E-state index contributed by atoms with van der Waals surface area (Å²) < 4.78 is 10.9. The molecule has 0 unspecified atom stereocenters. The summed E-state index contributed by atoms with van der Waals surface area (Å²) in [4.78, 5) is 11.0. The molecule has 2 heterocycles. The van der Waals surface area contributed by atoms with Crippen LogP contribution in [-0.4, -0.2) is 22.9 Å². The van der Waals surface area contributed by atoms with Gasteiger partial charge < -0.3 is 15.2 Å². The molecular formula is C19H17N3O3. The monoisotopic (exact) mass is 335 g/mol. The molecule has 3 aromatic rings. The van der Waals surface area contributed by atoms with Crippen LogP contribution < -0.4 is 15.2 Å². The molecule has 0 atom stereocenters. The first kappa shape index (κ1) is 15.3. The lowest BCUT2D eigenvalue weighted by Gasteiger charge is -2.07. The van der Waals surface area contributed by atoms with Gasteiger partial charge in [-0.2, -0.15) is 5.10 Å². The van der Waals surface area contributed by atoms with E-state index in [1.165, 1.54) is 0 Å². The highest BCUT2D eigenvalue weighted by Gasteiger charge is 2.19. The normalized spacial score (nSPS) is 12.4. The van der Waals surface area contributed by atoms with Gasteiger partial charge in [-0.15, -0.1) is 0 Å². The molecule has 25 heavy (non-hydrogen) atoms. The van der Waals surface area contributed by atoms with Crippen molar-refractivity contribution in [3.63, 3.8) is 0 Å². The fourth-order valence-corrected chi connectivity index (χ4v) is 3.02. The molecule has 4 rings (SSSR count). The third kappa shape index (κ3) is 2.82. The number of hydrogen-bond acceptors (Lipinski definition) is 4. The average molecular weight is 335 g/mol. The quantitative estimate of drug-likeness (QED) is 0.767. The van der Waals surface area contributed by atoms with E-state index in [2.05, 4.69) is 10.2 Å². The Morgan fingerprint density at radius 2 is 1.84 bits per heavy atom. The second kappa shape index (κ2) is 5.98. The fraction of sp³-hybridized carbons (Fsp3) is 0.158. The molecule has 0 saturated heterocycles. The van der Waals surface area contributed by atoms with E-state index in [0.717, 1.165) is 45.1 Å². The van der Waals surface area contributed by atoms with Crippen molar-refractivity contribution in [2.45, 2.75) is 13.3 Å². The Hall–Kier alpha value is -3.28. The number of benzene rings is 2. The largest absolute Gasteiger partial charge is 0.454 e. The topological polar surface area (TPSA) is 90.2 Å². The summed E-state index contributed by atoms with van der Waals surface area (Å²) >= 11 is 0. The number of nitrogens with one attached hydrogen (secondary N) is 1. The number of aromatic amines is 1. The molecule has 1 amide bonds. The van der Waals surface area contributed by atoms with Gasteiger partial charge in [-0.1, -0.05) is 30.3 Å². The third-order valence-electron chi connectivity index (χ3n) is 4.21. The van der Waals surface area contributed by atoms with Crippen LogP contribution in [-0.2, 0) is 11.2 Å². The molecule has 126 valence electrons. The molecule has 2 aromatic carbocycles. The number of nitrogens with two attached hydrogens (primary N) is 1. The molecule has 0 saturated carbocycles. The van der Waals surface area contributed by atoms with Gasteiger partial charge in [0.1, 0.15) is 5.69 Å². The summed E-state index contributed by atoms with van der Waals surface area (Å²) in [6.07, 6.45) is 0.231. The summed E-state index contributed by atoms with van der Waals surface area (Å²) in [5.41, 5.74) is 10.9. The summed E-state index contributed by atoms with van der Waals surface area (Å²) in [6, 6.07) is 13.6. The summed E-state index contributed by atoms with van der Waals surface area (Å²) in [5, 5.41) is 7.51. The van der Waals surface area contributed by atoms with Crippen LogP contribution in [0.1, 0.15) is 11.3 Å². The zero-order chi connectivity index (χ0) is 17.4. The van der Waals surface area contributed by atoms with Crippen molar-refractivity contribution in [3.8, 4) is 33.9 Å². The van der Waals surface area contributed by atoms with Crippen LogP contribution in [0, 0.1) is 6.92 Å². The van der Waals surface area contributed by atoms with Crippen molar-refractivity contribution >= 4 is 5.91 Å². The number of carbonyl (C=O) groups excluding carboxylic acids is 1. The van der Waals surface area contributed by atoms with Gasteiger partial charge in [-0.3, -0.25) is 9.89 Å². The van der Waals surface area contributed by atoms with Crippen LogP contribution in [0.2, 0.25) is 0 Å². The molecule has 1 aromatic heterocycles. The molecule has 1 aliphatic heterocycles. The predicted octanol–water partition coefficient (Wildman–Crippen LogP) is 2.81. The number of primary amides is 1. The van der Waals surface area contributed by atoms with Gasteiger partial charge in [-0.25, -0.2) is 0 Å². The molecule has 3 N–H and O–H groups in total. The Bertz CT molecular complexity index is 945. The zero-order valence-electron chi connectivity index (χ0n) is 13.7. The minimum Gasteiger partial charge on any atom is -0.454 e. The maximum Gasteiger partial charge on any atom is 0.231 e. The van der Waals surface area contributed by atoms with Crippen LogP contribution in [0.5, 0.6) is 11.5 Å². The fourth-order valence-electron chi connectivity index (χ4n) is 3.02. The summed E-state index contributed by atoms with van der Waals surface area (Å²) in [6.45, 7) is 2.23. The number of ether oxygens (including phenoxy) is 2. The van der Waals surface area contributed by atoms with E-state index in [-0.39, 0.29) is 19.1 Å². The van der Waals surface area contributed by atoms with Gasteiger partial charge in [-0.05, 0) is 30.2 Å². The van der Waals surface area contributed by atoms with Crippen LogP contribution in [0.25, 0.3) is 22.4 Å². The minimum absolute atomic E-state index is 0.231. The van der Waals surface area contributed by atoms with E-state index < -0.39 is 0 Å². The number of H-pyrrole nitrogens is 1. The van der Waals surface area contributed by atoms with E-state index in [9.17, 15) is 4.79 Å². The first-order chi connectivity index (χ1) is 12.1. The molecule has 6 heteroatoms. The SMILES string of the molecule is Cc1[nH]nc(-c2ccc(CC(N)=O)cc2)c1-c1ccc2c(c1)OCO2. The van der Waals surface area contributed by atoms with E-state index in [1.54, 1.807) is 0 Å². The number of rotatable bonds is 4. The van der Waals surface area contributed by atoms with Crippen molar-refractivity contribution in [1.82, 2.24) is 10.2 Å². The lowest BCUT2D eigenvalue weighted by atomic mass is 9.98. The minimum atomic E-state index is -0.343. The second-order valence-electron chi connectivity index (χ2n) is 5.98. The Morgan fingerprint density at radius 1 is 1.12 bits per heavy atom. The number of aromatic nitrogens is 2. The lowest BCUT2D eigenvalue weighted by Crippen LogP contribution is -2.13. The summed E-state index contributed by atoms with van der Waals surface area (Å²) in [5.74, 6) is 1.15. The van der Waals surface area contributed by atoms with E-state index >= 15 is 0 Å². The number of carbonyl (C=O) groups is 1.